The van der Waals surface area contributed by atoms with Gasteiger partial charge < -0.3 is 15.5 Å². The predicted octanol–water partition coefficient (Wildman–Crippen LogP) is 0.814. The highest BCUT2D eigenvalue weighted by atomic mass is 15.1. The zero-order valence-corrected chi connectivity index (χ0v) is 9.80. The first-order valence-electron chi connectivity index (χ1n) is 6.61. The Labute approximate surface area is 93.6 Å². The van der Waals surface area contributed by atoms with E-state index in [-0.39, 0.29) is 0 Å². The molecular formula is C12H25N3. The molecule has 2 heterocycles. The second-order valence-corrected chi connectivity index (χ2v) is 4.90. The van der Waals surface area contributed by atoms with Crippen molar-refractivity contribution < 1.29 is 0 Å². The molecule has 0 aromatic heterocycles. The van der Waals surface area contributed by atoms with Crippen LogP contribution in [0.5, 0.6) is 0 Å². The van der Waals surface area contributed by atoms with Gasteiger partial charge in [-0.05, 0) is 58.4 Å². The van der Waals surface area contributed by atoms with Crippen molar-refractivity contribution in [3.8, 4) is 0 Å². The van der Waals surface area contributed by atoms with Crippen molar-refractivity contribution in [2.24, 2.45) is 0 Å². The molecule has 0 bridgehead atoms. The molecule has 0 aromatic carbocycles. The summed E-state index contributed by atoms with van der Waals surface area (Å²) in [4.78, 5) is 2.63. The molecule has 88 valence electrons. The van der Waals surface area contributed by atoms with Gasteiger partial charge in [-0.3, -0.25) is 0 Å². The minimum atomic E-state index is 0.703. The van der Waals surface area contributed by atoms with Gasteiger partial charge in [-0.15, -0.1) is 0 Å². The van der Waals surface area contributed by atoms with E-state index in [1.165, 1.54) is 64.8 Å². The first-order chi connectivity index (χ1) is 7.45. The lowest BCUT2D eigenvalue weighted by Gasteiger charge is -2.28. The highest BCUT2D eigenvalue weighted by Crippen LogP contribution is 2.09. The van der Waals surface area contributed by atoms with Gasteiger partial charge in [0.05, 0.1) is 0 Å². The first kappa shape index (κ1) is 11.4. The maximum atomic E-state index is 3.63. The van der Waals surface area contributed by atoms with Gasteiger partial charge in [-0.2, -0.15) is 0 Å². The van der Waals surface area contributed by atoms with Gasteiger partial charge in [-0.25, -0.2) is 0 Å². The van der Waals surface area contributed by atoms with Crippen LogP contribution in [0, 0.1) is 0 Å². The van der Waals surface area contributed by atoms with Crippen LogP contribution in [0.25, 0.3) is 0 Å². The summed E-state index contributed by atoms with van der Waals surface area (Å²) in [5, 5.41) is 7.14. The SMILES string of the molecule is C1CCN(CCC2CNCCCN2)CC1. The third-order valence-corrected chi connectivity index (χ3v) is 3.60. The Morgan fingerprint density at radius 2 is 1.87 bits per heavy atom. The number of nitrogens with zero attached hydrogens (tertiary/aromatic N) is 1. The topological polar surface area (TPSA) is 27.3 Å². The van der Waals surface area contributed by atoms with Gasteiger partial charge >= 0.3 is 0 Å². The Bertz CT molecular complexity index is 158. The van der Waals surface area contributed by atoms with E-state index < -0.39 is 0 Å². The van der Waals surface area contributed by atoms with Crippen molar-refractivity contribution in [2.75, 3.05) is 39.3 Å². The van der Waals surface area contributed by atoms with Crippen molar-refractivity contribution in [1.29, 1.82) is 0 Å². The fourth-order valence-corrected chi connectivity index (χ4v) is 2.59. The molecular weight excluding hydrogens is 186 g/mol. The van der Waals surface area contributed by atoms with Crippen LogP contribution < -0.4 is 10.6 Å². The Hall–Kier alpha value is -0.120. The minimum absolute atomic E-state index is 0.703. The Morgan fingerprint density at radius 1 is 1.00 bits per heavy atom. The van der Waals surface area contributed by atoms with E-state index in [0.717, 1.165) is 6.54 Å². The van der Waals surface area contributed by atoms with Gasteiger partial charge in [0.15, 0.2) is 0 Å². The third-order valence-electron chi connectivity index (χ3n) is 3.60. The summed E-state index contributed by atoms with van der Waals surface area (Å²) in [6.45, 7) is 7.50. The van der Waals surface area contributed by atoms with Crippen molar-refractivity contribution in [3.05, 3.63) is 0 Å². The number of likely N-dealkylation sites (tertiary alicyclic amines) is 1. The standard InChI is InChI=1S/C12H25N3/c1-2-8-15(9-3-1)10-5-12-11-13-6-4-7-14-12/h12-14H,1-11H2. The lowest BCUT2D eigenvalue weighted by atomic mass is 10.1. The number of hydrogen-bond acceptors (Lipinski definition) is 3. The maximum absolute atomic E-state index is 3.63. The number of piperidine rings is 1. The van der Waals surface area contributed by atoms with Crippen LogP contribution in [-0.2, 0) is 0 Å². The van der Waals surface area contributed by atoms with Crippen molar-refractivity contribution in [2.45, 2.75) is 38.1 Å². The van der Waals surface area contributed by atoms with E-state index >= 15 is 0 Å². The van der Waals surface area contributed by atoms with E-state index in [1.54, 1.807) is 0 Å². The van der Waals surface area contributed by atoms with E-state index in [1.807, 2.05) is 0 Å². The summed E-state index contributed by atoms with van der Waals surface area (Å²) in [6, 6.07) is 0.703. The average Bonchev–Trinajstić information content (AvgIpc) is 2.56. The Kier molecular flexibility index (Phi) is 4.90. The lowest BCUT2D eigenvalue weighted by Crippen LogP contribution is -2.40. The van der Waals surface area contributed by atoms with E-state index in [2.05, 4.69) is 15.5 Å². The number of hydrogen-bond donors (Lipinski definition) is 2. The molecule has 2 saturated heterocycles. The van der Waals surface area contributed by atoms with Crippen LogP contribution >= 0.6 is 0 Å². The molecule has 2 N–H and O–H groups in total. The van der Waals surface area contributed by atoms with E-state index in [0.29, 0.717) is 6.04 Å². The van der Waals surface area contributed by atoms with Gasteiger partial charge in [0, 0.05) is 12.6 Å². The minimum Gasteiger partial charge on any atom is -0.315 e. The van der Waals surface area contributed by atoms with Crippen LogP contribution in [-0.4, -0.2) is 50.2 Å². The quantitative estimate of drug-likeness (QED) is 0.723. The summed E-state index contributed by atoms with van der Waals surface area (Å²) in [5.41, 5.74) is 0. The van der Waals surface area contributed by atoms with Crippen LogP contribution in [0.15, 0.2) is 0 Å². The molecule has 2 fully saturated rings. The summed E-state index contributed by atoms with van der Waals surface area (Å²) >= 11 is 0. The second kappa shape index (κ2) is 6.46. The van der Waals surface area contributed by atoms with Gasteiger partial charge in [0.1, 0.15) is 0 Å². The molecule has 2 aliphatic rings. The molecule has 3 heteroatoms. The van der Waals surface area contributed by atoms with Gasteiger partial charge in [0.25, 0.3) is 0 Å². The van der Waals surface area contributed by atoms with Crippen molar-refractivity contribution in [3.63, 3.8) is 0 Å². The lowest BCUT2D eigenvalue weighted by molar-refractivity contribution is 0.217. The maximum Gasteiger partial charge on any atom is 0.0204 e. The predicted molar refractivity (Wildman–Crippen MR) is 64.2 cm³/mol. The summed E-state index contributed by atoms with van der Waals surface area (Å²) < 4.78 is 0. The molecule has 0 amide bonds. The fourth-order valence-electron chi connectivity index (χ4n) is 2.59. The first-order valence-corrected chi connectivity index (χ1v) is 6.61. The molecule has 0 saturated carbocycles. The molecule has 0 aromatic rings. The van der Waals surface area contributed by atoms with Crippen LogP contribution in [0.4, 0.5) is 0 Å². The van der Waals surface area contributed by atoms with Crippen molar-refractivity contribution in [1.82, 2.24) is 15.5 Å². The second-order valence-electron chi connectivity index (χ2n) is 4.90. The summed E-state index contributed by atoms with van der Waals surface area (Å²) in [6.07, 6.45) is 6.86. The van der Waals surface area contributed by atoms with E-state index in [4.69, 9.17) is 0 Å². The molecule has 0 aliphatic carbocycles. The Morgan fingerprint density at radius 3 is 2.73 bits per heavy atom. The fraction of sp³-hybridized carbons (Fsp3) is 1.00. The molecule has 1 unspecified atom stereocenters. The molecule has 3 nitrogen and oxygen atoms in total. The van der Waals surface area contributed by atoms with Gasteiger partial charge in [-0.1, -0.05) is 6.42 Å². The smallest absolute Gasteiger partial charge is 0.0204 e. The van der Waals surface area contributed by atoms with Crippen LogP contribution in [0.3, 0.4) is 0 Å². The van der Waals surface area contributed by atoms with Crippen molar-refractivity contribution >= 4 is 0 Å². The molecule has 15 heavy (non-hydrogen) atoms. The molecule has 0 radical (unpaired) electrons. The molecule has 1 atom stereocenters. The van der Waals surface area contributed by atoms with Crippen LogP contribution in [0.2, 0.25) is 0 Å². The highest BCUT2D eigenvalue weighted by Gasteiger charge is 2.14. The Balaban J connectivity index is 1.62. The molecule has 2 aliphatic heterocycles. The monoisotopic (exact) mass is 211 g/mol. The van der Waals surface area contributed by atoms with Gasteiger partial charge in [0.2, 0.25) is 0 Å². The summed E-state index contributed by atoms with van der Waals surface area (Å²) in [5.74, 6) is 0. The number of nitrogens with one attached hydrogen (secondary N) is 2. The third kappa shape index (κ3) is 4.09. The largest absolute Gasteiger partial charge is 0.315 e. The highest BCUT2D eigenvalue weighted by molar-refractivity contribution is 4.76. The average molecular weight is 211 g/mol. The number of rotatable bonds is 3. The zero-order valence-electron chi connectivity index (χ0n) is 9.80. The zero-order chi connectivity index (χ0) is 10.3. The normalized spacial score (nSPS) is 30.0. The van der Waals surface area contributed by atoms with E-state index in [9.17, 15) is 0 Å². The molecule has 0 spiro atoms. The molecule has 2 rings (SSSR count). The summed E-state index contributed by atoms with van der Waals surface area (Å²) in [7, 11) is 0. The van der Waals surface area contributed by atoms with Crippen LogP contribution in [0.1, 0.15) is 32.1 Å².